The van der Waals surface area contributed by atoms with Gasteiger partial charge in [-0.05, 0) is 33.3 Å². The van der Waals surface area contributed by atoms with Crippen LogP contribution in [0.4, 0.5) is 4.79 Å². The number of aliphatic hydroxyl groups is 1. The average molecular weight is 306 g/mol. The molecule has 0 aromatic heterocycles. The van der Waals surface area contributed by atoms with E-state index in [1.54, 1.807) is 4.90 Å². The predicted molar refractivity (Wildman–Crippen MR) is 85.6 cm³/mol. The van der Waals surface area contributed by atoms with Gasteiger partial charge in [0, 0.05) is 13.1 Å². The fourth-order valence-corrected chi connectivity index (χ4v) is 2.53. The SMILES string of the molecule is Cc1cccc(CN[C@@H]2CN(C(=O)OC(C)(C)C)C[C@H]2O)c1. The van der Waals surface area contributed by atoms with Gasteiger partial charge in [0.15, 0.2) is 0 Å². The molecule has 1 fully saturated rings. The normalized spacial score (nSPS) is 22.0. The van der Waals surface area contributed by atoms with E-state index in [2.05, 4.69) is 24.4 Å². The van der Waals surface area contributed by atoms with Crippen LogP contribution in [-0.2, 0) is 11.3 Å². The van der Waals surface area contributed by atoms with Crippen molar-refractivity contribution < 1.29 is 14.6 Å². The zero-order valence-electron chi connectivity index (χ0n) is 13.8. The number of nitrogens with one attached hydrogen (secondary N) is 1. The van der Waals surface area contributed by atoms with Crippen LogP contribution in [0.1, 0.15) is 31.9 Å². The second-order valence-corrected chi connectivity index (χ2v) is 6.93. The molecule has 0 radical (unpaired) electrons. The van der Waals surface area contributed by atoms with Gasteiger partial charge in [-0.15, -0.1) is 0 Å². The Kier molecular flexibility index (Phi) is 5.08. The molecule has 22 heavy (non-hydrogen) atoms. The second kappa shape index (κ2) is 6.67. The summed E-state index contributed by atoms with van der Waals surface area (Å²) >= 11 is 0. The average Bonchev–Trinajstić information content (AvgIpc) is 2.76. The first-order valence-corrected chi connectivity index (χ1v) is 7.69. The zero-order valence-corrected chi connectivity index (χ0v) is 13.8. The van der Waals surface area contributed by atoms with Crippen LogP contribution < -0.4 is 5.32 Å². The van der Waals surface area contributed by atoms with Gasteiger partial charge in [0.25, 0.3) is 0 Å². The van der Waals surface area contributed by atoms with E-state index in [1.807, 2.05) is 32.9 Å². The maximum Gasteiger partial charge on any atom is 0.410 e. The number of β-amino-alcohol motifs (C(OH)–C–C–N with tert-alkyl or cyclic N) is 1. The van der Waals surface area contributed by atoms with Crippen LogP contribution in [0.15, 0.2) is 24.3 Å². The van der Waals surface area contributed by atoms with Crippen LogP contribution in [0.2, 0.25) is 0 Å². The maximum absolute atomic E-state index is 12.0. The van der Waals surface area contributed by atoms with Crippen molar-refractivity contribution in [3.05, 3.63) is 35.4 Å². The molecule has 5 heteroatoms. The summed E-state index contributed by atoms with van der Waals surface area (Å²) in [6.07, 6.45) is -0.941. The van der Waals surface area contributed by atoms with Gasteiger partial charge in [-0.1, -0.05) is 29.8 Å². The lowest BCUT2D eigenvalue weighted by molar-refractivity contribution is 0.0270. The molecule has 0 bridgehead atoms. The molecule has 122 valence electrons. The van der Waals surface area contributed by atoms with E-state index in [9.17, 15) is 9.90 Å². The van der Waals surface area contributed by atoms with Gasteiger partial charge in [-0.3, -0.25) is 0 Å². The summed E-state index contributed by atoms with van der Waals surface area (Å²) in [5, 5.41) is 13.5. The van der Waals surface area contributed by atoms with Crippen molar-refractivity contribution in [2.45, 2.75) is 52.0 Å². The van der Waals surface area contributed by atoms with Crippen LogP contribution in [-0.4, -0.2) is 46.9 Å². The molecule has 0 spiro atoms. The molecule has 0 unspecified atom stereocenters. The third-order valence-corrected chi connectivity index (χ3v) is 3.59. The molecule has 0 saturated carbocycles. The smallest absolute Gasteiger partial charge is 0.410 e. The Balaban J connectivity index is 1.87. The molecule has 5 nitrogen and oxygen atoms in total. The molecule has 0 aliphatic carbocycles. The Morgan fingerprint density at radius 3 is 2.77 bits per heavy atom. The van der Waals surface area contributed by atoms with Gasteiger partial charge in [0.05, 0.1) is 18.7 Å². The molecule has 2 N–H and O–H groups in total. The summed E-state index contributed by atoms with van der Waals surface area (Å²) in [5.41, 5.74) is 1.86. The highest BCUT2D eigenvalue weighted by atomic mass is 16.6. The number of likely N-dealkylation sites (tertiary alicyclic amines) is 1. The predicted octanol–water partition coefficient (Wildman–Crippen LogP) is 2.06. The monoisotopic (exact) mass is 306 g/mol. The van der Waals surface area contributed by atoms with E-state index >= 15 is 0 Å². The van der Waals surface area contributed by atoms with Crippen LogP contribution in [0.5, 0.6) is 0 Å². The van der Waals surface area contributed by atoms with Crippen LogP contribution in [0, 0.1) is 6.92 Å². The number of rotatable bonds is 3. The zero-order chi connectivity index (χ0) is 16.3. The van der Waals surface area contributed by atoms with E-state index in [1.165, 1.54) is 11.1 Å². The highest BCUT2D eigenvalue weighted by molar-refractivity contribution is 5.68. The largest absolute Gasteiger partial charge is 0.444 e. The molecule has 1 amide bonds. The van der Waals surface area contributed by atoms with Gasteiger partial charge in [-0.25, -0.2) is 4.79 Å². The Hall–Kier alpha value is -1.59. The lowest BCUT2D eigenvalue weighted by atomic mass is 10.1. The number of aryl methyl sites for hydroxylation is 1. The van der Waals surface area contributed by atoms with E-state index < -0.39 is 11.7 Å². The van der Waals surface area contributed by atoms with Crippen molar-refractivity contribution in [1.82, 2.24) is 10.2 Å². The van der Waals surface area contributed by atoms with Crippen molar-refractivity contribution in [1.29, 1.82) is 0 Å². The van der Waals surface area contributed by atoms with Gasteiger partial charge >= 0.3 is 6.09 Å². The van der Waals surface area contributed by atoms with Crippen LogP contribution in [0.25, 0.3) is 0 Å². The number of carbonyl (C=O) groups is 1. The number of hydrogen-bond donors (Lipinski definition) is 2. The van der Waals surface area contributed by atoms with Crippen LogP contribution in [0.3, 0.4) is 0 Å². The van der Waals surface area contributed by atoms with Crippen molar-refractivity contribution in [2.75, 3.05) is 13.1 Å². The van der Waals surface area contributed by atoms with E-state index in [-0.39, 0.29) is 12.1 Å². The summed E-state index contributed by atoms with van der Waals surface area (Å²) in [4.78, 5) is 13.6. The van der Waals surface area contributed by atoms with E-state index in [4.69, 9.17) is 4.74 Å². The fourth-order valence-electron chi connectivity index (χ4n) is 2.53. The minimum absolute atomic E-state index is 0.131. The van der Waals surface area contributed by atoms with Crippen molar-refractivity contribution in [3.8, 4) is 0 Å². The maximum atomic E-state index is 12.0. The molecule has 1 aromatic rings. The number of carbonyl (C=O) groups excluding carboxylic acids is 1. The number of benzene rings is 1. The number of aliphatic hydroxyl groups excluding tert-OH is 1. The summed E-state index contributed by atoms with van der Waals surface area (Å²) in [6, 6.07) is 8.10. The minimum Gasteiger partial charge on any atom is -0.444 e. The lowest BCUT2D eigenvalue weighted by Gasteiger charge is -2.24. The Bertz CT molecular complexity index is 525. The van der Waals surface area contributed by atoms with Crippen molar-refractivity contribution in [2.24, 2.45) is 0 Å². The van der Waals surface area contributed by atoms with Gasteiger partial charge in [-0.2, -0.15) is 0 Å². The molecule has 2 rings (SSSR count). The molecular weight excluding hydrogens is 280 g/mol. The van der Waals surface area contributed by atoms with Crippen LogP contribution >= 0.6 is 0 Å². The molecule has 2 atom stereocenters. The van der Waals surface area contributed by atoms with E-state index in [0.717, 1.165) is 0 Å². The summed E-state index contributed by atoms with van der Waals surface area (Å²) in [7, 11) is 0. The first-order chi connectivity index (χ1) is 10.2. The molecule has 1 aliphatic rings. The third kappa shape index (κ3) is 4.71. The highest BCUT2D eigenvalue weighted by Crippen LogP contribution is 2.16. The minimum atomic E-state index is -0.572. The summed E-state index contributed by atoms with van der Waals surface area (Å²) in [5.74, 6) is 0. The number of hydrogen-bond acceptors (Lipinski definition) is 4. The Labute approximate surface area is 132 Å². The first-order valence-electron chi connectivity index (χ1n) is 7.69. The Morgan fingerprint density at radius 2 is 2.14 bits per heavy atom. The van der Waals surface area contributed by atoms with Crippen molar-refractivity contribution in [3.63, 3.8) is 0 Å². The van der Waals surface area contributed by atoms with Gasteiger partial charge in [0.1, 0.15) is 5.60 Å². The second-order valence-electron chi connectivity index (χ2n) is 6.93. The molecular formula is C17H26N2O3. The lowest BCUT2D eigenvalue weighted by Crippen LogP contribution is -2.39. The summed E-state index contributed by atoms with van der Waals surface area (Å²) < 4.78 is 5.34. The number of nitrogens with zero attached hydrogens (tertiary/aromatic N) is 1. The van der Waals surface area contributed by atoms with E-state index in [0.29, 0.717) is 19.6 Å². The standard InChI is InChI=1S/C17H26N2O3/c1-12-6-5-7-13(8-12)9-18-14-10-19(11-15(14)20)16(21)22-17(2,3)4/h5-8,14-15,18,20H,9-11H2,1-4H3/t14-,15-/m1/s1. The Morgan fingerprint density at radius 1 is 1.41 bits per heavy atom. The fraction of sp³-hybridized carbons (Fsp3) is 0.588. The molecule has 1 aromatic carbocycles. The van der Waals surface area contributed by atoms with Gasteiger partial charge in [0.2, 0.25) is 0 Å². The van der Waals surface area contributed by atoms with Crippen molar-refractivity contribution >= 4 is 6.09 Å². The number of amides is 1. The third-order valence-electron chi connectivity index (χ3n) is 3.59. The molecule has 1 aliphatic heterocycles. The quantitative estimate of drug-likeness (QED) is 0.897. The molecule has 1 saturated heterocycles. The topological polar surface area (TPSA) is 61.8 Å². The highest BCUT2D eigenvalue weighted by Gasteiger charge is 2.35. The first kappa shape index (κ1) is 16.8. The van der Waals surface area contributed by atoms with Gasteiger partial charge < -0.3 is 20.1 Å². The number of ether oxygens (including phenoxy) is 1. The summed E-state index contributed by atoms with van der Waals surface area (Å²) in [6.45, 7) is 9.01. The molecule has 1 heterocycles.